The van der Waals surface area contributed by atoms with E-state index >= 15 is 0 Å². The molecule has 0 bridgehead atoms. The van der Waals surface area contributed by atoms with Crippen molar-refractivity contribution in [2.75, 3.05) is 19.6 Å². The molecule has 0 aromatic carbocycles. The predicted octanol–water partition coefficient (Wildman–Crippen LogP) is 0.429. The SMILES string of the molecule is CC1CNCCN1Cc1nc(CO)cs1. The lowest BCUT2D eigenvalue weighted by Gasteiger charge is -2.33. The van der Waals surface area contributed by atoms with E-state index in [2.05, 4.69) is 22.1 Å². The van der Waals surface area contributed by atoms with Crippen molar-refractivity contribution in [1.82, 2.24) is 15.2 Å². The third kappa shape index (κ3) is 2.75. The summed E-state index contributed by atoms with van der Waals surface area (Å²) in [7, 11) is 0. The van der Waals surface area contributed by atoms with Gasteiger partial charge < -0.3 is 10.4 Å². The van der Waals surface area contributed by atoms with Crippen molar-refractivity contribution in [3.63, 3.8) is 0 Å². The maximum absolute atomic E-state index is 8.93. The minimum atomic E-state index is 0.0492. The van der Waals surface area contributed by atoms with Crippen LogP contribution in [0.15, 0.2) is 5.38 Å². The monoisotopic (exact) mass is 227 g/mol. The summed E-state index contributed by atoms with van der Waals surface area (Å²) >= 11 is 1.64. The van der Waals surface area contributed by atoms with Crippen molar-refractivity contribution in [1.29, 1.82) is 0 Å². The van der Waals surface area contributed by atoms with Crippen LogP contribution in [0.2, 0.25) is 0 Å². The van der Waals surface area contributed by atoms with Gasteiger partial charge in [0.1, 0.15) is 5.01 Å². The molecule has 2 rings (SSSR count). The van der Waals surface area contributed by atoms with Crippen LogP contribution in [0.3, 0.4) is 0 Å². The van der Waals surface area contributed by atoms with Gasteiger partial charge >= 0.3 is 0 Å². The highest BCUT2D eigenvalue weighted by atomic mass is 32.1. The molecule has 2 N–H and O–H groups in total. The molecule has 5 heteroatoms. The number of piperazine rings is 1. The molecule has 1 fully saturated rings. The second kappa shape index (κ2) is 5.03. The average Bonchev–Trinajstić information content (AvgIpc) is 2.69. The van der Waals surface area contributed by atoms with Gasteiger partial charge in [0.2, 0.25) is 0 Å². The third-order valence-electron chi connectivity index (χ3n) is 2.74. The third-order valence-corrected chi connectivity index (χ3v) is 3.62. The maximum atomic E-state index is 8.93. The van der Waals surface area contributed by atoms with Gasteiger partial charge in [0.25, 0.3) is 0 Å². The molecule has 0 amide bonds. The molecule has 84 valence electrons. The summed E-state index contributed by atoms with van der Waals surface area (Å²) in [5.41, 5.74) is 0.790. The van der Waals surface area contributed by atoms with Crippen LogP contribution in [0.25, 0.3) is 0 Å². The van der Waals surface area contributed by atoms with E-state index in [1.165, 1.54) is 0 Å². The first-order chi connectivity index (χ1) is 7.29. The van der Waals surface area contributed by atoms with Gasteiger partial charge in [-0.1, -0.05) is 0 Å². The molecule has 1 unspecified atom stereocenters. The largest absolute Gasteiger partial charge is 0.390 e. The van der Waals surface area contributed by atoms with Gasteiger partial charge in [-0.25, -0.2) is 4.98 Å². The summed E-state index contributed by atoms with van der Waals surface area (Å²) in [6.45, 7) is 6.38. The molecule has 2 heterocycles. The molecular weight excluding hydrogens is 210 g/mol. The fourth-order valence-electron chi connectivity index (χ4n) is 1.79. The number of aliphatic hydroxyl groups excluding tert-OH is 1. The second-order valence-corrected chi connectivity index (χ2v) is 4.86. The number of rotatable bonds is 3. The number of hydrogen-bond acceptors (Lipinski definition) is 5. The Balaban J connectivity index is 1.95. The van der Waals surface area contributed by atoms with Gasteiger partial charge in [0, 0.05) is 31.1 Å². The standard InChI is InChI=1S/C10H17N3OS/c1-8-4-11-2-3-13(8)5-10-12-9(6-14)7-15-10/h7-8,11,14H,2-6H2,1H3. The highest BCUT2D eigenvalue weighted by Gasteiger charge is 2.18. The molecule has 0 radical (unpaired) electrons. The van der Waals surface area contributed by atoms with Crippen LogP contribution in [-0.4, -0.2) is 40.7 Å². The lowest BCUT2D eigenvalue weighted by Crippen LogP contribution is -2.49. The summed E-state index contributed by atoms with van der Waals surface area (Å²) in [5.74, 6) is 0. The van der Waals surface area contributed by atoms with Gasteiger partial charge in [-0.15, -0.1) is 11.3 Å². The van der Waals surface area contributed by atoms with Crippen LogP contribution >= 0.6 is 11.3 Å². The van der Waals surface area contributed by atoms with E-state index < -0.39 is 0 Å². The maximum Gasteiger partial charge on any atom is 0.107 e. The van der Waals surface area contributed by atoms with Crippen molar-refractivity contribution in [2.24, 2.45) is 0 Å². The summed E-state index contributed by atoms with van der Waals surface area (Å²) in [6.07, 6.45) is 0. The van der Waals surface area contributed by atoms with Crippen LogP contribution in [0.5, 0.6) is 0 Å². The Morgan fingerprint density at radius 1 is 1.73 bits per heavy atom. The number of thiazole rings is 1. The molecule has 1 aromatic heterocycles. The summed E-state index contributed by atoms with van der Waals surface area (Å²) in [6, 6.07) is 0.570. The lowest BCUT2D eigenvalue weighted by atomic mass is 10.2. The number of aliphatic hydroxyl groups is 1. The van der Waals surface area contributed by atoms with E-state index in [1.54, 1.807) is 11.3 Å². The van der Waals surface area contributed by atoms with Gasteiger partial charge in [-0.2, -0.15) is 0 Å². The van der Waals surface area contributed by atoms with Gasteiger partial charge in [-0.3, -0.25) is 4.90 Å². The van der Waals surface area contributed by atoms with Crippen molar-refractivity contribution in [2.45, 2.75) is 26.1 Å². The zero-order valence-electron chi connectivity index (χ0n) is 8.94. The Morgan fingerprint density at radius 2 is 2.60 bits per heavy atom. The number of nitrogens with zero attached hydrogens (tertiary/aromatic N) is 2. The fourth-order valence-corrected chi connectivity index (χ4v) is 2.60. The van der Waals surface area contributed by atoms with Crippen LogP contribution in [0.1, 0.15) is 17.6 Å². The Bertz CT molecular complexity index is 315. The first-order valence-corrected chi connectivity index (χ1v) is 6.16. The average molecular weight is 227 g/mol. The lowest BCUT2D eigenvalue weighted by molar-refractivity contribution is 0.165. The van der Waals surface area contributed by atoms with Gasteiger partial charge in [0.15, 0.2) is 0 Å². The van der Waals surface area contributed by atoms with E-state index in [1.807, 2.05) is 5.38 Å². The van der Waals surface area contributed by atoms with Crippen LogP contribution in [-0.2, 0) is 13.2 Å². The van der Waals surface area contributed by atoms with Crippen molar-refractivity contribution in [3.05, 3.63) is 16.1 Å². The van der Waals surface area contributed by atoms with Crippen molar-refractivity contribution < 1.29 is 5.11 Å². The summed E-state index contributed by atoms with van der Waals surface area (Å²) < 4.78 is 0. The first kappa shape index (κ1) is 11.0. The topological polar surface area (TPSA) is 48.4 Å². The smallest absolute Gasteiger partial charge is 0.107 e. The molecule has 1 aromatic rings. The molecule has 1 aliphatic heterocycles. The second-order valence-electron chi connectivity index (χ2n) is 3.91. The number of nitrogens with one attached hydrogen (secondary N) is 1. The van der Waals surface area contributed by atoms with E-state index in [0.29, 0.717) is 6.04 Å². The molecule has 15 heavy (non-hydrogen) atoms. The number of aromatic nitrogens is 1. The van der Waals surface area contributed by atoms with Crippen LogP contribution in [0, 0.1) is 0 Å². The van der Waals surface area contributed by atoms with E-state index in [9.17, 15) is 0 Å². The van der Waals surface area contributed by atoms with Crippen molar-refractivity contribution >= 4 is 11.3 Å². The predicted molar refractivity (Wildman–Crippen MR) is 60.8 cm³/mol. The molecule has 1 saturated heterocycles. The minimum Gasteiger partial charge on any atom is -0.390 e. The minimum absolute atomic E-state index is 0.0492. The van der Waals surface area contributed by atoms with E-state index in [-0.39, 0.29) is 6.61 Å². The zero-order chi connectivity index (χ0) is 10.7. The van der Waals surface area contributed by atoms with E-state index in [0.717, 1.165) is 36.9 Å². The normalized spacial score (nSPS) is 23.2. The Kier molecular flexibility index (Phi) is 3.69. The van der Waals surface area contributed by atoms with Gasteiger partial charge in [0.05, 0.1) is 18.8 Å². The van der Waals surface area contributed by atoms with Crippen LogP contribution < -0.4 is 5.32 Å². The molecule has 0 aliphatic carbocycles. The quantitative estimate of drug-likeness (QED) is 0.786. The summed E-state index contributed by atoms with van der Waals surface area (Å²) in [5, 5.41) is 15.3. The molecule has 1 atom stereocenters. The Labute approximate surface area is 93.9 Å². The Morgan fingerprint density at radius 3 is 3.27 bits per heavy atom. The van der Waals surface area contributed by atoms with Gasteiger partial charge in [-0.05, 0) is 6.92 Å². The highest BCUT2D eigenvalue weighted by Crippen LogP contribution is 2.14. The van der Waals surface area contributed by atoms with Crippen LogP contribution in [0.4, 0.5) is 0 Å². The zero-order valence-corrected chi connectivity index (χ0v) is 9.76. The first-order valence-electron chi connectivity index (χ1n) is 5.28. The molecule has 1 aliphatic rings. The molecule has 4 nitrogen and oxygen atoms in total. The molecule has 0 spiro atoms. The molecule has 0 saturated carbocycles. The fraction of sp³-hybridized carbons (Fsp3) is 0.700. The highest BCUT2D eigenvalue weighted by molar-refractivity contribution is 7.09. The summed E-state index contributed by atoms with van der Waals surface area (Å²) in [4.78, 5) is 6.79. The Hall–Kier alpha value is -0.490. The van der Waals surface area contributed by atoms with Crippen molar-refractivity contribution in [3.8, 4) is 0 Å². The van der Waals surface area contributed by atoms with E-state index in [4.69, 9.17) is 5.11 Å². The number of hydrogen-bond donors (Lipinski definition) is 2. The molecular formula is C10H17N3OS.